The van der Waals surface area contributed by atoms with Crippen LogP contribution in [0.15, 0.2) is 18.2 Å². The van der Waals surface area contributed by atoms with Crippen LogP contribution in [-0.2, 0) is 21.2 Å². The second-order valence-electron chi connectivity index (χ2n) is 5.42. The average molecular weight is 331 g/mol. The zero-order chi connectivity index (χ0) is 15.6. The Morgan fingerprint density at radius 1 is 1.43 bits per heavy atom. The Hall–Kier alpha value is -1.27. The second kappa shape index (κ2) is 6.23. The van der Waals surface area contributed by atoms with Gasteiger partial charge in [-0.05, 0) is 30.5 Å². The number of benzene rings is 1. The van der Waals surface area contributed by atoms with Gasteiger partial charge in [-0.25, -0.2) is 8.42 Å². The molecule has 1 N–H and O–H groups in total. The lowest BCUT2D eigenvalue weighted by Gasteiger charge is -2.31. The number of hydrogen-bond acceptors (Lipinski definition) is 3. The molecule has 21 heavy (non-hydrogen) atoms. The number of fused-ring (bicyclic) bond motifs is 1. The van der Waals surface area contributed by atoms with Crippen molar-refractivity contribution in [2.75, 3.05) is 21.4 Å². The monoisotopic (exact) mass is 330 g/mol. The molecule has 0 saturated heterocycles. The Balaban J connectivity index is 2.36. The van der Waals surface area contributed by atoms with Crippen LogP contribution in [0.2, 0.25) is 0 Å². The van der Waals surface area contributed by atoms with Gasteiger partial charge in [-0.2, -0.15) is 0 Å². The van der Waals surface area contributed by atoms with Gasteiger partial charge in [0, 0.05) is 18.2 Å². The van der Waals surface area contributed by atoms with Crippen molar-refractivity contribution in [2.24, 2.45) is 5.92 Å². The summed E-state index contributed by atoms with van der Waals surface area (Å²) in [5, 5.41) is -0.501. The number of amides is 1. The molecule has 0 atom stereocenters. The summed E-state index contributed by atoms with van der Waals surface area (Å²) in [6.45, 7) is 4.38. The molecule has 0 unspecified atom stereocenters. The van der Waals surface area contributed by atoms with Crippen molar-refractivity contribution in [1.29, 1.82) is 0 Å². The Bertz CT molecular complexity index is 644. The number of anilines is 2. The van der Waals surface area contributed by atoms with Crippen LogP contribution in [0.25, 0.3) is 0 Å². The molecule has 2 rings (SSSR count). The quantitative estimate of drug-likeness (QED) is 0.863. The molecule has 0 spiro atoms. The SMILES string of the molecule is CC(C)C(=O)N1CCCc2ccc(NS(=O)(=O)CCl)cc21. The number of sulfonamides is 1. The van der Waals surface area contributed by atoms with Crippen LogP contribution in [0.3, 0.4) is 0 Å². The molecule has 116 valence electrons. The fourth-order valence-electron chi connectivity index (χ4n) is 2.39. The third kappa shape index (κ3) is 3.68. The highest BCUT2D eigenvalue weighted by molar-refractivity contribution is 7.93. The zero-order valence-electron chi connectivity index (χ0n) is 12.1. The van der Waals surface area contributed by atoms with Gasteiger partial charge in [0.15, 0.2) is 0 Å². The number of aryl methyl sites for hydroxylation is 1. The van der Waals surface area contributed by atoms with Crippen molar-refractivity contribution in [3.63, 3.8) is 0 Å². The van der Waals surface area contributed by atoms with Crippen molar-refractivity contribution < 1.29 is 13.2 Å². The van der Waals surface area contributed by atoms with Crippen LogP contribution in [0, 0.1) is 5.92 Å². The summed E-state index contributed by atoms with van der Waals surface area (Å²) >= 11 is 5.39. The lowest BCUT2D eigenvalue weighted by molar-refractivity contribution is -0.121. The van der Waals surface area contributed by atoms with E-state index in [-0.39, 0.29) is 11.8 Å². The Labute approximate surface area is 130 Å². The number of alkyl halides is 1. The first-order valence-corrected chi connectivity index (χ1v) is 9.03. The third-order valence-corrected chi connectivity index (χ3v) is 5.08. The summed E-state index contributed by atoms with van der Waals surface area (Å²) in [4.78, 5) is 14.0. The first kappa shape index (κ1) is 16.1. The largest absolute Gasteiger partial charge is 0.312 e. The molecule has 0 aliphatic carbocycles. The van der Waals surface area contributed by atoms with Gasteiger partial charge in [0.05, 0.1) is 5.69 Å². The van der Waals surface area contributed by atoms with Crippen LogP contribution in [0.1, 0.15) is 25.8 Å². The second-order valence-corrected chi connectivity index (χ2v) is 7.72. The van der Waals surface area contributed by atoms with Gasteiger partial charge < -0.3 is 4.90 Å². The number of hydrogen-bond donors (Lipinski definition) is 1. The lowest BCUT2D eigenvalue weighted by Crippen LogP contribution is -2.38. The van der Waals surface area contributed by atoms with Gasteiger partial charge in [-0.1, -0.05) is 19.9 Å². The van der Waals surface area contributed by atoms with Crippen molar-refractivity contribution in [1.82, 2.24) is 0 Å². The lowest BCUT2D eigenvalue weighted by atomic mass is 9.99. The summed E-state index contributed by atoms with van der Waals surface area (Å²) in [5.41, 5.74) is 2.27. The zero-order valence-corrected chi connectivity index (χ0v) is 13.7. The first-order chi connectivity index (χ1) is 9.84. The number of nitrogens with zero attached hydrogens (tertiary/aromatic N) is 1. The number of nitrogens with one attached hydrogen (secondary N) is 1. The molecule has 1 heterocycles. The normalized spacial score (nSPS) is 15.0. The minimum atomic E-state index is -3.54. The van der Waals surface area contributed by atoms with E-state index in [1.165, 1.54) is 0 Å². The van der Waals surface area contributed by atoms with Crippen molar-refractivity contribution >= 4 is 38.9 Å². The fourth-order valence-corrected chi connectivity index (χ4v) is 3.09. The van der Waals surface area contributed by atoms with E-state index in [0.29, 0.717) is 12.2 Å². The fraction of sp³-hybridized carbons (Fsp3) is 0.500. The molecule has 1 aliphatic heterocycles. The number of carbonyl (C=O) groups is 1. The number of halogens is 1. The molecule has 7 heteroatoms. The molecule has 5 nitrogen and oxygen atoms in total. The summed E-state index contributed by atoms with van der Waals surface area (Å²) in [7, 11) is -3.54. The van der Waals surface area contributed by atoms with Crippen molar-refractivity contribution in [2.45, 2.75) is 26.7 Å². The van der Waals surface area contributed by atoms with Crippen LogP contribution < -0.4 is 9.62 Å². The van der Waals surface area contributed by atoms with Gasteiger partial charge in [-0.3, -0.25) is 9.52 Å². The molecular weight excluding hydrogens is 312 g/mol. The standard InChI is InChI=1S/C14H19ClN2O3S/c1-10(2)14(18)17-7-3-4-11-5-6-12(8-13(11)17)16-21(19,20)9-15/h5-6,8,10,16H,3-4,7,9H2,1-2H3. The molecule has 0 radical (unpaired) electrons. The van der Waals surface area contributed by atoms with Gasteiger partial charge in [0.25, 0.3) is 0 Å². The van der Waals surface area contributed by atoms with Gasteiger partial charge in [-0.15, -0.1) is 11.6 Å². The van der Waals surface area contributed by atoms with Crippen LogP contribution in [-0.4, -0.2) is 26.1 Å². The summed E-state index contributed by atoms with van der Waals surface area (Å²) in [6.07, 6.45) is 1.80. The predicted molar refractivity (Wildman–Crippen MR) is 85.2 cm³/mol. The Morgan fingerprint density at radius 2 is 2.14 bits per heavy atom. The van der Waals surface area contributed by atoms with E-state index in [9.17, 15) is 13.2 Å². The third-order valence-electron chi connectivity index (χ3n) is 3.38. The van der Waals surface area contributed by atoms with E-state index in [1.54, 1.807) is 17.0 Å². The summed E-state index contributed by atoms with van der Waals surface area (Å²) < 4.78 is 25.5. The molecule has 1 aliphatic rings. The molecule has 0 aromatic heterocycles. The molecule has 1 aromatic rings. The maximum absolute atomic E-state index is 12.3. The maximum Gasteiger partial charge on any atom is 0.246 e. The Kier molecular flexibility index (Phi) is 4.78. The maximum atomic E-state index is 12.3. The van der Waals surface area contributed by atoms with Crippen LogP contribution in [0.4, 0.5) is 11.4 Å². The molecular formula is C14H19ClN2O3S. The summed E-state index contributed by atoms with van der Waals surface area (Å²) in [5.74, 6) is -0.0487. The molecule has 0 bridgehead atoms. The highest BCUT2D eigenvalue weighted by Crippen LogP contribution is 2.31. The Morgan fingerprint density at radius 3 is 2.76 bits per heavy atom. The van der Waals surface area contributed by atoms with E-state index in [1.807, 2.05) is 19.9 Å². The summed E-state index contributed by atoms with van der Waals surface area (Å²) in [6, 6.07) is 5.27. The van der Waals surface area contributed by atoms with E-state index >= 15 is 0 Å². The molecule has 1 aromatic carbocycles. The average Bonchev–Trinajstić information content (AvgIpc) is 2.45. The van der Waals surface area contributed by atoms with Crippen LogP contribution >= 0.6 is 11.6 Å². The smallest absolute Gasteiger partial charge is 0.246 e. The molecule has 0 saturated carbocycles. The number of rotatable bonds is 4. The van der Waals surface area contributed by atoms with Crippen molar-refractivity contribution in [3.8, 4) is 0 Å². The molecule has 1 amide bonds. The van der Waals surface area contributed by atoms with Gasteiger partial charge in [0.2, 0.25) is 15.9 Å². The van der Waals surface area contributed by atoms with Crippen LogP contribution in [0.5, 0.6) is 0 Å². The van der Waals surface area contributed by atoms with E-state index < -0.39 is 15.2 Å². The van der Waals surface area contributed by atoms with Gasteiger partial charge in [0.1, 0.15) is 5.21 Å². The topological polar surface area (TPSA) is 66.5 Å². The van der Waals surface area contributed by atoms with E-state index in [4.69, 9.17) is 11.6 Å². The van der Waals surface area contributed by atoms with E-state index in [0.717, 1.165) is 24.1 Å². The predicted octanol–water partition coefficient (Wildman–Crippen LogP) is 2.56. The van der Waals surface area contributed by atoms with Gasteiger partial charge >= 0.3 is 0 Å². The minimum Gasteiger partial charge on any atom is -0.312 e. The highest BCUT2D eigenvalue weighted by atomic mass is 35.5. The highest BCUT2D eigenvalue weighted by Gasteiger charge is 2.25. The van der Waals surface area contributed by atoms with E-state index in [2.05, 4.69) is 4.72 Å². The minimum absolute atomic E-state index is 0.0494. The molecule has 0 fully saturated rings. The number of carbonyl (C=O) groups excluding carboxylic acids is 1. The first-order valence-electron chi connectivity index (χ1n) is 6.85. The van der Waals surface area contributed by atoms with Crippen molar-refractivity contribution in [3.05, 3.63) is 23.8 Å².